The van der Waals surface area contributed by atoms with E-state index >= 15 is 0 Å². The summed E-state index contributed by atoms with van der Waals surface area (Å²) >= 11 is 0. The quantitative estimate of drug-likeness (QED) is 0.899. The van der Waals surface area contributed by atoms with Crippen molar-refractivity contribution < 1.29 is 14.3 Å². The van der Waals surface area contributed by atoms with Crippen molar-refractivity contribution in [3.63, 3.8) is 0 Å². The van der Waals surface area contributed by atoms with Crippen LogP contribution in [0.15, 0.2) is 34.9 Å². The Morgan fingerprint density at radius 3 is 2.84 bits per heavy atom. The molecule has 19 heavy (non-hydrogen) atoms. The fourth-order valence-corrected chi connectivity index (χ4v) is 3.05. The van der Waals surface area contributed by atoms with Gasteiger partial charge in [-0.3, -0.25) is 0 Å². The van der Waals surface area contributed by atoms with Gasteiger partial charge in [-0.15, -0.1) is 0 Å². The summed E-state index contributed by atoms with van der Waals surface area (Å²) in [5.74, 6) is 1.72. The van der Waals surface area contributed by atoms with Crippen molar-refractivity contribution in [2.75, 3.05) is 7.11 Å². The third kappa shape index (κ3) is 1.85. The molecule has 1 aliphatic carbocycles. The summed E-state index contributed by atoms with van der Waals surface area (Å²) in [4.78, 5) is 0. The van der Waals surface area contributed by atoms with Crippen LogP contribution in [0.3, 0.4) is 0 Å². The van der Waals surface area contributed by atoms with Gasteiger partial charge in [0.2, 0.25) is 0 Å². The minimum absolute atomic E-state index is 0.729. The number of hydrogen-bond acceptors (Lipinski definition) is 3. The van der Waals surface area contributed by atoms with Crippen molar-refractivity contribution in [3.05, 3.63) is 53.0 Å². The SMILES string of the molecule is COc1ccc(C2(O)CCCc3occc32)c(C)c1. The molecule has 0 radical (unpaired) electrons. The van der Waals surface area contributed by atoms with E-state index in [4.69, 9.17) is 9.15 Å². The molecule has 1 atom stereocenters. The summed E-state index contributed by atoms with van der Waals surface area (Å²) in [6.45, 7) is 2.00. The second kappa shape index (κ2) is 4.42. The second-order valence-corrected chi connectivity index (χ2v) is 5.15. The van der Waals surface area contributed by atoms with Crippen molar-refractivity contribution in [2.45, 2.75) is 31.8 Å². The fraction of sp³-hybridized carbons (Fsp3) is 0.375. The van der Waals surface area contributed by atoms with Crippen LogP contribution in [-0.2, 0) is 12.0 Å². The highest BCUT2D eigenvalue weighted by molar-refractivity contribution is 5.45. The number of hydrogen-bond donors (Lipinski definition) is 1. The van der Waals surface area contributed by atoms with Crippen LogP contribution in [0.25, 0.3) is 0 Å². The fourth-order valence-electron chi connectivity index (χ4n) is 3.05. The van der Waals surface area contributed by atoms with E-state index in [2.05, 4.69) is 0 Å². The first-order valence-corrected chi connectivity index (χ1v) is 6.59. The lowest BCUT2D eigenvalue weighted by Crippen LogP contribution is -2.31. The van der Waals surface area contributed by atoms with Crippen molar-refractivity contribution >= 4 is 0 Å². The van der Waals surface area contributed by atoms with Gasteiger partial charge in [-0.05, 0) is 49.1 Å². The lowest BCUT2D eigenvalue weighted by molar-refractivity contribution is 0.0583. The number of benzene rings is 1. The predicted octanol–water partition coefficient (Wildman–Crippen LogP) is 3.17. The molecule has 0 bridgehead atoms. The Hall–Kier alpha value is -1.74. The molecular weight excluding hydrogens is 240 g/mol. The van der Waals surface area contributed by atoms with E-state index in [-0.39, 0.29) is 0 Å². The largest absolute Gasteiger partial charge is 0.497 e. The van der Waals surface area contributed by atoms with Gasteiger partial charge in [-0.1, -0.05) is 6.07 Å². The van der Waals surface area contributed by atoms with Crippen LogP contribution in [0, 0.1) is 6.92 Å². The number of furan rings is 1. The Morgan fingerprint density at radius 1 is 1.26 bits per heavy atom. The topological polar surface area (TPSA) is 42.6 Å². The lowest BCUT2D eigenvalue weighted by atomic mass is 9.76. The normalized spacial score (nSPS) is 22.1. The molecule has 0 saturated heterocycles. The average Bonchev–Trinajstić information content (AvgIpc) is 2.88. The van der Waals surface area contributed by atoms with Crippen LogP contribution in [0.2, 0.25) is 0 Å². The highest BCUT2D eigenvalue weighted by Crippen LogP contribution is 2.42. The zero-order chi connectivity index (χ0) is 13.5. The highest BCUT2D eigenvalue weighted by atomic mass is 16.5. The minimum Gasteiger partial charge on any atom is -0.497 e. The van der Waals surface area contributed by atoms with Crippen LogP contribution in [-0.4, -0.2) is 12.2 Å². The van der Waals surface area contributed by atoms with Gasteiger partial charge in [-0.2, -0.15) is 0 Å². The predicted molar refractivity (Wildman–Crippen MR) is 72.4 cm³/mol. The number of aryl methyl sites for hydroxylation is 2. The van der Waals surface area contributed by atoms with E-state index in [1.807, 2.05) is 31.2 Å². The molecule has 1 aromatic carbocycles. The van der Waals surface area contributed by atoms with Crippen molar-refractivity contribution in [3.8, 4) is 5.75 Å². The van der Waals surface area contributed by atoms with E-state index < -0.39 is 5.60 Å². The number of rotatable bonds is 2. The van der Waals surface area contributed by atoms with Gasteiger partial charge in [0.05, 0.1) is 13.4 Å². The molecule has 0 amide bonds. The summed E-state index contributed by atoms with van der Waals surface area (Å²) in [5, 5.41) is 11.1. The van der Waals surface area contributed by atoms with Gasteiger partial charge in [0.15, 0.2) is 0 Å². The van der Waals surface area contributed by atoms with E-state index in [9.17, 15) is 5.11 Å². The third-order valence-electron chi connectivity index (χ3n) is 4.01. The molecule has 1 N–H and O–H groups in total. The van der Waals surface area contributed by atoms with E-state index in [1.165, 1.54) is 0 Å². The number of methoxy groups -OCH3 is 1. The zero-order valence-corrected chi connectivity index (χ0v) is 11.3. The number of aliphatic hydroxyl groups is 1. The van der Waals surface area contributed by atoms with Crippen molar-refractivity contribution in [1.82, 2.24) is 0 Å². The monoisotopic (exact) mass is 258 g/mol. The maximum absolute atomic E-state index is 11.1. The first-order chi connectivity index (χ1) is 9.15. The molecule has 0 aliphatic heterocycles. The molecule has 100 valence electrons. The van der Waals surface area contributed by atoms with Gasteiger partial charge in [0.25, 0.3) is 0 Å². The molecule has 1 heterocycles. The Balaban J connectivity index is 2.12. The van der Waals surface area contributed by atoms with E-state index in [1.54, 1.807) is 13.4 Å². The summed E-state index contributed by atoms with van der Waals surface area (Å²) in [6, 6.07) is 7.70. The number of fused-ring (bicyclic) bond motifs is 1. The van der Waals surface area contributed by atoms with Crippen LogP contribution in [0.4, 0.5) is 0 Å². The molecule has 0 saturated carbocycles. The van der Waals surface area contributed by atoms with Gasteiger partial charge in [0.1, 0.15) is 17.1 Å². The maximum atomic E-state index is 11.1. The Morgan fingerprint density at radius 2 is 2.11 bits per heavy atom. The summed E-state index contributed by atoms with van der Waals surface area (Å²) in [5.41, 5.74) is 1.95. The standard InChI is InChI=1S/C16H18O3/c1-11-10-12(18-2)5-6-13(11)16(17)8-3-4-15-14(16)7-9-19-15/h5-7,9-10,17H,3-4,8H2,1-2H3. The smallest absolute Gasteiger partial charge is 0.119 e. The van der Waals surface area contributed by atoms with Gasteiger partial charge in [-0.25, -0.2) is 0 Å². The molecule has 1 aliphatic rings. The van der Waals surface area contributed by atoms with Crippen molar-refractivity contribution in [2.24, 2.45) is 0 Å². The first kappa shape index (κ1) is 12.3. The second-order valence-electron chi connectivity index (χ2n) is 5.15. The van der Waals surface area contributed by atoms with Gasteiger partial charge < -0.3 is 14.3 Å². The van der Waals surface area contributed by atoms with Crippen LogP contribution >= 0.6 is 0 Å². The molecule has 2 aromatic rings. The molecular formula is C16H18O3. The zero-order valence-electron chi connectivity index (χ0n) is 11.3. The summed E-state index contributed by atoms with van der Waals surface area (Å²) in [6.07, 6.45) is 4.23. The van der Waals surface area contributed by atoms with Crippen LogP contribution < -0.4 is 4.74 Å². The first-order valence-electron chi connectivity index (χ1n) is 6.59. The molecule has 3 nitrogen and oxygen atoms in total. The summed E-state index contributed by atoms with van der Waals surface area (Å²) < 4.78 is 10.7. The van der Waals surface area contributed by atoms with Crippen LogP contribution in [0.1, 0.15) is 35.3 Å². The molecule has 1 aromatic heterocycles. The minimum atomic E-state index is -0.934. The molecule has 0 spiro atoms. The maximum Gasteiger partial charge on any atom is 0.119 e. The molecule has 1 unspecified atom stereocenters. The summed E-state index contributed by atoms with van der Waals surface area (Å²) in [7, 11) is 1.65. The third-order valence-corrected chi connectivity index (χ3v) is 4.01. The van der Waals surface area contributed by atoms with E-state index in [0.29, 0.717) is 0 Å². The van der Waals surface area contributed by atoms with Crippen molar-refractivity contribution in [1.29, 1.82) is 0 Å². The Bertz CT molecular complexity index is 600. The molecule has 3 heteroatoms. The molecule has 3 rings (SSSR count). The van der Waals surface area contributed by atoms with Gasteiger partial charge in [0, 0.05) is 12.0 Å². The number of ether oxygens (including phenoxy) is 1. The lowest BCUT2D eigenvalue weighted by Gasteiger charge is -2.33. The van der Waals surface area contributed by atoms with E-state index in [0.717, 1.165) is 47.5 Å². The Labute approximate surface area is 112 Å². The van der Waals surface area contributed by atoms with Crippen LogP contribution in [0.5, 0.6) is 5.75 Å². The molecule has 0 fully saturated rings. The highest BCUT2D eigenvalue weighted by Gasteiger charge is 2.38. The Kier molecular flexibility index (Phi) is 2.86. The average molecular weight is 258 g/mol. The van der Waals surface area contributed by atoms with Gasteiger partial charge >= 0.3 is 0 Å².